The Hall–Kier alpha value is -0.423. The van der Waals surface area contributed by atoms with Gasteiger partial charge in [0.05, 0.1) is 5.54 Å². The lowest BCUT2D eigenvalue weighted by Crippen LogP contribution is -2.49. The van der Waals surface area contributed by atoms with Crippen LogP contribution in [0.5, 0.6) is 0 Å². The minimum absolute atomic E-state index is 0.168. The molecule has 0 saturated carbocycles. The summed E-state index contributed by atoms with van der Waals surface area (Å²) < 4.78 is 17.5. The fraction of sp³-hybridized carbons (Fsp3) is 0.667. The van der Waals surface area contributed by atoms with Crippen molar-refractivity contribution in [3.63, 3.8) is 0 Å². The summed E-state index contributed by atoms with van der Waals surface area (Å²) in [6.07, 6.45) is 9.57. The van der Waals surface area contributed by atoms with Crippen LogP contribution in [0.4, 0.5) is 0 Å². The Morgan fingerprint density at radius 1 is 0.938 bits per heavy atom. The molecule has 0 aromatic rings. The molecule has 92 valence electrons. The van der Waals surface area contributed by atoms with Gasteiger partial charge in [-0.05, 0) is 27.2 Å². The molecule has 1 rings (SSSR count). The molecule has 0 heterocycles. The molecule has 1 aliphatic carbocycles. The van der Waals surface area contributed by atoms with E-state index in [2.05, 4.69) is 24.3 Å². The normalized spacial score (nSPS) is 16.9. The van der Waals surface area contributed by atoms with Crippen LogP contribution in [-0.2, 0) is 13.3 Å². The molecule has 0 atom stereocenters. The molecule has 4 heteroatoms. The molecule has 0 saturated heterocycles. The highest BCUT2D eigenvalue weighted by Crippen LogP contribution is 2.31. The summed E-state index contributed by atoms with van der Waals surface area (Å²) in [6.45, 7) is 7.83. The van der Waals surface area contributed by atoms with Crippen LogP contribution < -0.4 is 0 Å². The van der Waals surface area contributed by atoms with Gasteiger partial charge in [0.1, 0.15) is 0 Å². The molecule has 0 radical (unpaired) electrons. The van der Waals surface area contributed by atoms with E-state index >= 15 is 0 Å². The van der Waals surface area contributed by atoms with Crippen LogP contribution in [-0.4, -0.2) is 28.6 Å². The lowest BCUT2D eigenvalue weighted by Gasteiger charge is -2.33. The molecule has 3 nitrogen and oxygen atoms in total. The smallest absolute Gasteiger partial charge is 0.373 e. The minimum Gasteiger partial charge on any atom is -0.373 e. The SMILES string of the molecule is CCO[Si](OCC)(OCC)C1C=CCC=C1. The van der Waals surface area contributed by atoms with Crippen molar-refractivity contribution in [2.24, 2.45) is 0 Å². The molecule has 0 amide bonds. The van der Waals surface area contributed by atoms with E-state index in [0.717, 1.165) is 6.42 Å². The van der Waals surface area contributed by atoms with Crippen LogP contribution in [0.25, 0.3) is 0 Å². The Kier molecular flexibility index (Phi) is 5.98. The summed E-state index contributed by atoms with van der Waals surface area (Å²) in [4.78, 5) is 0. The van der Waals surface area contributed by atoms with Gasteiger partial charge in [-0.15, -0.1) is 0 Å². The predicted molar refractivity (Wildman–Crippen MR) is 67.3 cm³/mol. The fourth-order valence-corrected chi connectivity index (χ4v) is 4.62. The second-order valence-corrected chi connectivity index (χ2v) is 6.26. The first-order chi connectivity index (χ1) is 7.79. The Balaban J connectivity index is 2.83. The van der Waals surface area contributed by atoms with Gasteiger partial charge in [-0.2, -0.15) is 0 Å². The predicted octanol–water partition coefficient (Wildman–Crippen LogP) is 2.92. The molecule has 0 bridgehead atoms. The Labute approximate surface area is 99.5 Å². The molecule has 0 spiro atoms. The van der Waals surface area contributed by atoms with Gasteiger partial charge in [0.25, 0.3) is 0 Å². The van der Waals surface area contributed by atoms with Gasteiger partial charge < -0.3 is 13.3 Å². The summed E-state index contributed by atoms with van der Waals surface area (Å²) in [6, 6.07) is 0. The zero-order valence-corrected chi connectivity index (χ0v) is 11.4. The van der Waals surface area contributed by atoms with Crippen LogP contribution >= 0.6 is 0 Å². The van der Waals surface area contributed by atoms with Crippen molar-refractivity contribution >= 4 is 8.80 Å². The van der Waals surface area contributed by atoms with Gasteiger partial charge >= 0.3 is 8.80 Å². The molecule has 0 N–H and O–H groups in total. The van der Waals surface area contributed by atoms with E-state index in [1.165, 1.54) is 0 Å². The fourth-order valence-electron chi connectivity index (χ4n) is 1.85. The second kappa shape index (κ2) is 7.01. The second-order valence-electron chi connectivity index (χ2n) is 3.52. The Bertz CT molecular complexity index is 222. The maximum Gasteiger partial charge on any atom is 0.512 e. The van der Waals surface area contributed by atoms with Crippen LogP contribution in [0, 0.1) is 0 Å². The van der Waals surface area contributed by atoms with Crippen LogP contribution in [0.1, 0.15) is 27.2 Å². The standard InChI is InChI=1S/C12H22O3Si/c1-4-13-16(14-5-2,15-6-3)12-10-8-7-9-11-12/h8-12H,4-7H2,1-3H3. The van der Waals surface area contributed by atoms with E-state index in [0.29, 0.717) is 19.8 Å². The maximum absolute atomic E-state index is 5.84. The number of rotatable bonds is 7. The van der Waals surface area contributed by atoms with Gasteiger partial charge in [-0.1, -0.05) is 24.3 Å². The van der Waals surface area contributed by atoms with E-state index in [9.17, 15) is 0 Å². The van der Waals surface area contributed by atoms with Gasteiger partial charge in [-0.3, -0.25) is 0 Å². The summed E-state index contributed by atoms with van der Waals surface area (Å²) in [5.74, 6) is 0. The molecule has 0 unspecified atom stereocenters. The van der Waals surface area contributed by atoms with E-state index in [-0.39, 0.29) is 5.54 Å². The van der Waals surface area contributed by atoms with Gasteiger partial charge in [0, 0.05) is 19.8 Å². The zero-order valence-electron chi connectivity index (χ0n) is 10.4. The van der Waals surface area contributed by atoms with Crippen molar-refractivity contribution in [3.05, 3.63) is 24.3 Å². The summed E-state index contributed by atoms with van der Waals surface area (Å²) in [5.41, 5.74) is 0.168. The Morgan fingerprint density at radius 3 is 1.75 bits per heavy atom. The summed E-state index contributed by atoms with van der Waals surface area (Å²) in [5, 5.41) is 0. The van der Waals surface area contributed by atoms with E-state index < -0.39 is 8.80 Å². The van der Waals surface area contributed by atoms with Crippen LogP contribution in [0.3, 0.4) is 0 Å². The average Bonchev–Trinajstić information content (AvgIpc) is 2.31. The third-order valence-corrected chi connectivity index (χ3v) is 5.68. The third-order valence-electron chi connectivity index (χ3n) is 2.40. The molecule has 16 heavy (non-hydrogen) atoms. The highest BCUT2D eigenvalue weighted by Gasteiger charge is 2.47. The van der Waals surface area contributed by atoms with Gasteiger partial charge in [0.15, 0.2) is 0 Å². The number of hydrogen-bond acceptors (Lipinski definition) is 3. The molecular weight excluding hydrogens is 220 g/mol. The topological polar surface area (TPSA) is 27.7 Å². The largest absolute Gasteiger partial charge is 0.512 e. The lowest BCUT2D eigenvalue weighted by molar-refractivity contribution is 0.0688. The average molecular weight is 242 g/mol. The first kappa shape index (κ1) is 13.6. The van der Waals surface area contributed by atoms with Crippen molar-refractivity contribution in [1.82, 2.24) is 0 Å². The van der Waals surface area contributed by atoms with Gasteiger partial charge in [0.2, 0.25) is 0 Å². The molecule has 1 aliphatic rings. The number of hydrogen-bond donors (Lipinski definition) is 0. The molecular formula is C12H22O3Si. The first-order valence-electron chi connectivity index (χ1n) is 6.04. The maximum atomic E-state index is 5.84. The van der Waals surface area contributed by atoms with Crippen molar-refractivity contribution in [1.29, 1.82) is 0 Å². The van der Waals surface area contributed by atoms with E-state index in [1.807, 2.05) is 20.8 Å². The minimum atomic E-state index is -2.57. The highest BCUT2D eigenvalue weighted by atomic mass is 28.4. The number of allylic oxidation sites excluding steroid dienone is 4. The molecule has 0 aromatic heterocycles. The Morgan fingerprint density at radius 2 is 1.38 bits per heavy atom. The van der Waals surface area contributed by atoms with Crippen LogP contribution in [0.2, 0.25) is 5.54 Å². The van der Waals surface area contributed by atoms with E-state index in [1.54, 1.807) is 0 Å². The van der Waals surface area contributed by atoms with Crippen molar-refractivity contribution in [2.45, 2.75) is 32.7 Å². The zero-order chi connectivity index (χ0) is 11.9. The van der Waals surface area contributed by atoms with Crippen molar-refractivity contribution in [3.8, 4) is 0 Å². The summed E-state index contributed by atoms with van der Waals surface area (Å²) in [7, 11) is -2.57. The lowest BCUT2D eigenvalue weighted by atomic mass is 10.2. The third kappa shape index (κ3) is 3.28. The monoisotopic (exact) mass is 242 g/mol. The van der Waals surface area contributed by atoms with E-state index in [4.69, 9.17) is 13.3 Å². The quantitative estimate of drug-likeness (QED) is 0.507. The summed E-state index contributed by atoms with van der Waals surface area (Å²) >= 11 is 0. The molecule has 0 aromatic carbocycles. The van der Waals surface area contributed by atoms with Crippen molar-refractivity contribution in [2.75, 3.05) is 19.8 Å². The molecule has 0 fully saturated rings. The molecule has 0 aliphatic heterocycles. The van der Waals surface area contributed by atoms with Crippen molar-refractivity contribution < 1.29 is 13.3 Å². The highest BCUT2D eigenvalue weighted by molar-refractivity contribution is 6.63. The first-order valence-corrected chi connectivity index (χ1v) is 7.84. The van der Waals surface area contributed by atoms with Crippen LogP contribution in [0.15, 0.2) is 24.3 Å². The van der Waals surface area contributed by atoms with Gasteiger partial charge in [-0.25, -0.2) is 0 Å².